The van der Waals surface area contributed by atoms with Crippen molar-refractivity contribution in [3.63, 3.8) is 0 Å². The smallest absolute Gasteiger partial charge is 0.329 e. The fourth-order valence-electron chi connectivity index (χ4n) is 2.78. The molecule has 3 rings (SSSR count). The Bertz CT molecular complexity index is 735. The van der Waals surface area contributed by atoms with E-state index in [2.05, 4.69) is 15.5 Å². The van der Waals surface area contributed by atoms with Gasteiger partial charge in [-0.3, -0.25) is 9.89 Å². The van der Waals surface area contributed by atoms with Crippen LogP contribution in [0.4, 0.5) is 0 Å². The van der Waals surface area contributed by atoms with Gasteiger partial charge in [0, 0.05) is 5.39 Å². The number of rotatable bonds is 3. The number of hydrogen-bond acceptors (Lipinski definition) is 4. The highest BCUT2D eigenvalue weighted by Crippen LogP contribution is 2.28. The summed E-state index contributed by atoms with van der Waals surface area (Å²) in [7, 11) is 0. The van der Waals surface area contributed by atoms with Crippen molar-refractivity contribution in [2.24, 2.45) is 0 Å². The average molecular weight is 319 g/mol. The number of aryl methyl sites for hydroxylation is 1. The number of carbonyl (C=O) groups excluding carboxylic acids is 1. The third kappa shape index (κ3) is 2.56. The minimum Gasteiger partial charge on any atom is -0.480 e. The summed E-state index contributed by atoms with van der Waals surface area (Å²) in [6, 6.07) is 3.68. The molecule has 1 aromatic carbocycles. The number of benzene rings is 1. The van der Waals surface area contributed by atoms with Crippen molar-refractivity contribution in [3.8, 4) is 0 Å². The van der Waals surface area contributed by atoms with Crippen LogP contribution in [0.1, 0.15) is 28.8 Å². The predicted molar refractivity (Wildman–Crippen MR) is 85.2 cm³/mol. The molecule has 0 atom stereocenters. The highest BCUT2D eigenvalue weighted by atomic mass is 32.2. The van der Waals surface area contributed by atoms with E-state index in [1.54, 1.807) is 24.0 Å². The van der Waals surface area contributed by atoms with Crippen molar-refractivity contribution in [2.45, 2.75) is 25.3 Å². The summed E-state index contributed by atoms with van der Waals surface area (Å²) in [5, 5.41) is 19.9. The summed E-state index contributed by atoms with van der Waals surface area (Å²) >= 11 is 1.71. The molecular formula is C15H17N3O3S. The molecule has 22 heavy (non-hydrogen) atoms. The third-order valence-corrected chi connectivity index (χ3v) is 5.03. The van der Waals surface area contributed by atoms with Gasteiger partial charge in [0.25, 0.3) is 5.91 Å². The number of amides is 1. The maximum atomic E-state index is 12.7. The zero-order chi connectivity index (χ0) is 15.7. The van der Waals surface area contributed by atoms with E-state index in [1.807, 2.05) is 13.0 Å². The zero-order valence-corrected chi connectivity index (χ0v) is 13.0. The molecule has 0 radical (unpaired) electrons. The number of aliphatic carboxylic acids is 1. The minimum absolute atomic E-state index is 0.368. The summed E-state index contributed by atoms with van der Waals surface area (Å²) < 4.78 is 0. The number of carboxylic acids is 1. The minimum atomic E-state index is -1.17. The second-order valence-corrected chi connectivity index (χ2v) is 6.83. The first kappa shape index (κ1) is 14.9. The molecule has 0 aliphatic carbocycles. The van der Waals surface area contributed by atoms with Gasteiger partial charge in [-0.05, 0) is 49.0 Å². The van der Waals surface area contributed by atoms with Gasteiger partial charge in [0.15, 0.2) is 0 Å². The summed E-state index contributed by atoms with van der Waals surface area (Å²) in [5.74, 6) is 0.140. The lowest BCUT2D eigenvalue weighted by atomic mass is 9.91. The molecular weight excluding hydrogens is 302 g/mol. The molecule has 7 heteroatoms. The molecule has 1 amide bonds. The van der Waals surface area contributed by atoms with Gasteiger partial charge in [-0.25, -0.2) is 4.79 Å². The first-order valence-corrected chi connectivity index (χ1v) is 8.25. The first-order valence-electron chi connectivity index (χ1n) is 7.09. The number of carboxylic acid groups (broad SMARTS) is 1. The Morgan fingerprint density at radius 2 is 2.09 bits per heavy atom. The monoisotopic (exact) mass is 319 g/mol. The highest BCUT2D eigenvalue weighted by Gasteiger charge is 2.41. The molecule has 0 bridgehead atoms. The molecule has 1 aromatic heterocycles. The summed E-state index contributed by atoms with van der Waals surface area (Å²) in [5.41, 5.74) is 0.834. The van der Waals surface area contributed by atoms with Crippen LogP contribution in [-0.4, -0.2) is 44.2 Å². The molecule has 0 saturated carbocycles. The molecule has 3 N–H and O–H groups in total. The van der Waals surface area contributed by atoms with E-state index >= 15 is 0 Å². The number of aromatic nitrogens is 2. The van der Waals surface area contributed by atoms with E-state index in [4.69, 9.17) is 0 Å². The van der Waals surface area contributed by atoms with Crippen LogP contribution in [0.25, 0.3) is 10.9 Å². The Kier molecular flexibility index (Phi) is 3.82. The van der Waals surface area contributed by atoms with Crippen LogP contribution in [0.2, 0.25) is 0 Å². The maximum absolute atomic E-state index is 12.7. The fourth-order valence-corrected chi connectivity index (χ4v) is 3.97. The molecule has 0 unspecified atom stereocenters. The lowest BCUT2D eigenvalue weighted by Crippen LogP contribution is -2.56. The van der Waals surface area contributed by atoms with Gasteiger partial charge in [0.05, 0.1) is 17.3 Å². The van der Waals surface area contributed by atoms with Crippen LogP contribution in [0.3, 0.4) is 0 Å². The van der Waals surface area contributed by atoms with Gasteiger partial charge in [-0.15, -0.1) is 0 Å². The quantitative estimate of drug-likeness (QED) is 0.804. The first-order chi connectivity index (χ1) is 10.5. The molecule has 1 saturated heterocycles. The van der Waals surface area contributed by atoms with Crippen LogP contribution in [0, 0.1) is 6.92 Å². The molecule has 2 heterocycles. The SMILES string of the molecule is Cc1cc(C(=O)NC2(C(=O)O)CCSCC2)c2[nH]ncc2c1. The number of H-pyrrole nitrogens is 1. The van der Waals surface area contributed by atoms with Gasteiger partial charge < -0.3 is 10.4 Å². The van der Waals surface area contributed by atoms with Crippen molar-refractivity contribution in [3.05, 3.63) is 29.5 Å². The van der Waals surface area contributed by atoms with Gasteiger partial charge in [-0.1, -0.05) is 0 Å². The number of aromatic amines is 1. The Morgan fingerprint density at radius 3 is 2.77 bits per heavy atom. The second kappa shape index (κ2) is 5.64. The standard InChI is InChI=1S/C15H17N3O3S/c1-9-6-10-8-16-18-12(10)11(7-9)13(19)17-15(14(20)21)2-4-22-5-3-15/h6-8H,2-5H2,1H3,(H,16,18)(H,17,19)(H,20,21). The summed E-state index contributed by atoms with van der Waals surface area (Å²) in [6.07, 6.45) is 2.54. The second-order valence-electron chi connectivity index (χ2n) is 5.60. The topological polar surface area (TPSA) is 95.1 Å². The Balaban J connectivity index is 1.95. The molecule has 6 nitrogen and oxygen atoms in total. The third-order valence-electron chi connectivity index (χ3n) is 4.05. The molecule has 2 aromatic rings. The molecule has 1 fully saturated rings. The van der Waals surface area contributed by atoms with Crippen molar-refractivity contribution in [2.75, 3.05) is 11.5 Å². The Hall–Kier alpha value is -2.02. The lowest BCUT2D eigenvalue weighted by molar-refractivity contribution is -0.144. The average Bonchev–Trinajstić information content (AvgIpc) is 2.95. The lowest BCUT2D eigenvalue weighted by Gasteiger charge is -2.33. The normalized spacial score (nSPS) is 17.3. The number of nitrogens with zero attached hydrogens (tertiary/aromatic N) is 1. The number of thioether (sulfide) groups is 1. The molecule has 0 spiro atoms. The summed E-state index contributed by atoms with van der Waals surface area (Å²) in [4.78, 5) is 24.3. The van der Waals surface area contributed by atoms with Gasteiger partial charge in [0.2, 0.25) is 0 Å². The number of nitrogens with one attached hydrogen (secondary N) is 2. The predicted octanol–water partition coefficient (Wildman–Crippen LogP) is 1.95. The van der Waals surface area contributed by atoms with E-state index in [-0.39, 0.29) is 5.91 Å². The van der Waals surface area contributed by atoms with Crippen molar-refractivity contribution in [1.82, 2.24) is 15.5 Å². The van der Waals surface area contributed by atoms with E-state index in [1.165, 1.54) is 0 Å². The molecule has 1 aliphatic rings. The Labute approximate surface area is 131 Å². The van der Waals surface area contributed by atoms with Gasteiger partial charge >= 0.3 is 5.97 Å². The number of hydrogen-bond donors (Lipinski definition) is 3. The van der Waals surface area contributed by atoms with Gasteiger partial charge in [-0.2, -0.15) is 16.9 Å². The van der Waals surface area contributed by atoms with Crippen LogP contribution in [-0.2, 0) is 4.79 Å². The largest absolute Gasteiger partial charge is 0.480 e. The zero-order valence-electron chi connectivity index (χ0n) is 12.2. The Morgan fingerprint density at radius 1 is 1.36 bits per heavy atom. The number of fused-ring (bicyclic) bond motifs is 1. The van der Waals surface area contributed by atoms with Crippen molar-refractivity contribution in [1.29, 1.82) is 0 Å². The fraction of sp³-hybridized carbons (Fsp3) is 0.400. The van der Waals surface area contributed by atoms with E-state index in [0.717, 1.165) is 22.5 Å². The number of carbonyl (C=O) groups is 2. The van der Waals surface area contributed by atoms with E-state index in [0.29, 0.717) is 23.9 Å². The van der Waals surface area contributed by atoms with Crippen LogP contribution < -0.4 is 5.32 Å². The molecule has 116 valence electrons. The van der Waals surface area contributed by atoms with E-state index < -0.39 is 11.5 Å². The van der Waals surface area contributed by atoms with Crippen LogP contribution in [0.15, 0.2) is 18.3 Å². The van der Waals surface area contributed by atoms with Gasteiger partial charge in [0.1, 0.15) is 5.54 Å². The van der Waals surface area contributed by atoms with E-state index in [9.17, 15) is 14.7 Å². The molecule has 1 aliphatic heterocycles. The van der Waals surface area contributed by atoms with Crippen molar-refractivity contribution < 1.29 is 14.7 Å². The summed E-state index contributed by atoms with van der Waals surface area (Å²) in [6.45, 7) is 1.90. The highest BCUT2D eigenvalue weighted by molar-refractivity contribution is 7.99. The maximum Gasteiger partial charge on any atom is 0.329 e. The van der Waals surface area contributed by atoms with Crippen LogP contribution in [0.5, 0.6) is 0 Å². The van der Waals surface area contributed by atoms with Crippen molar-refractivity contribution >= 4 is 34.5 Å². The van der Waals surface area contributed by atoms with Crippen LogP contribution >= 0.6 is 11.8 Å².